The smallest absolute Gasteiger partial charge is 0.305 e. The summed E-state index contributed by atoms with van der Waals surface area (Å²) in [5.74, 6) is 0.765. The fourth-order valence-electron chi connectivity index (χ4n) is 3.25. The minimum atomic E-state index is -0.0957. The molecule has 0 amide bonds. The van der Waals surface area contributed by atoms with Crippen molar-refractivity contribution in [3.8, 4) is 0 Å². The second-order valence-corrected chi connectivity index (χ2v) is 5.71. The molecule has 0 spiro atoms. The summed E-state index contributed by atoms with van der Waals surface area (Å²) in [6, 6.07) is 0. The van der Waals surface area contributed by atoms with Gasteiger partial charge in [0, 0.05) is 6.42 Å². The Hall–Kier alpha value is -0.790. The van der Waals surface area contributed by atoms with Gasteiger partial charge < -0.3 is 4.74 Å². The van der Waals surface area contributed by atoms with Crippen molar-refractivity contribution in [3.05, 3.63) is 11.6 Å². The summed E-state index contributed by atoms with van der Waals surface area (Å²) < 4.78 is 4.76. The van der Waals surface area contributed by atoms with Crippen molar-refractivity contribution in [1.29, 1.82) is 0 Å². The highest BCUT2D eigenvalue weighted by Crippen LogP contribution is 2.45. The summed E-state index contributed by atoms with van der Waals surface area (Å²) >= 11 is 0. The number of ether oxygens (including phenoxy) is 1. The van der Waals surface area contributed by atoms with E-state index in [9.17, 15) is 4.79 Å². The minimum absolute atomic E-state index is 0.0957. The average molecular weight is 224 g/mol. The second kappa shape index (κ2) is 5.03. The highest BCUT2D eigenvalue weighted by atomic mass is 16.5. The lowest BCUT2D eigenvalue weighted by Crippen LogP contribution is -2.33. The van der Waals surface area contributed by atoms with Gasteiger partial charge in [-0.15, -0.1) is 0 Å². The molecule has 16 heavy (non-hydrogen) atoms. The number of hydrogen-bond donors (Lipinski definition) is 0. The van der Waals surface area contributed by atoms with Gasteiger partial charge in [-0.1, -0.05) is 32.4 Å². The molecule has 0 heterocycles. The third-order valence-corrected chi connectivity index (χ3v) is 3.87. The molecule has 2 unspecified atom stereocenters. The molecule has 2 heteroatoms. The quantitative estimate of drug-likeness (QED) is 0.541. The number of hydrogen-bond acceptors (Lipinski definition) is 2. The lowest BCUT2D eigenvalue weighted by Gasteiger charge is -2.42. The third-order valence-electron chi connectivity index (χ3n) is 3.87. The second-order valence-electron chi connectivity index (χ2n) is 5.71. The zero-order valence-electron chi connectivity index (χ0n) is 11.2. The molecule has 92 valence electrons. The van der Waals surface area contributed by atoms with E-state index in [-0.39, 0.29) is 5.97 Å². The maximum atomic E-state index is 11.3. The van der Waals surface area contributed by atoms with Crippen LogP contribution in [-0.2, 0) is 9.53 Å². The van der Waals surface area contributed by atoms with Crippen molar-refractivity contribution in [1.82, 2.24) is 0 Å². The van der Waals surface area contributed by atoms with Crippen LogP contribution in [-0.4, -0.2) is 13.1 Å². The highest BCUT2D eigenvalue weighted by Gasteiger charge is 2.37. The number of esters is 1. The van der Waals surface area contributed by atoms with E-state index in [4.69, 9.17) is 4.74 Å². The molecule has 1 rings (SSSR count). The molecule has 0 saturated carbocycles. The Morgan fingerprint density at radius 2 is 2.25 bits per heavy atom. The van der Waals surface area contributed by atoms with E-state index in [1.165, 1.54) is 25.5 Å². The maximum Gasteiger partial charge on any atom is 0.305 e. The summed E-state index contributed by atoms with van der Waals surface area (Å²) in [5.41, 5.74) is 1.74. The summed E-state index contributed by atoms with van der Waals surface area (Å²) in [6.07, 6.45) is 5.22. The lowest BCUT2D eigenvalue weighted by atomic mass is 9.63. The van der Waals surface area contributed by atoms with E-state index in [1.807, 2.05) is 0 Å². The van der Waals surface area contributed by atoms with Gasteiger partial charge in [0.25, 0.3) is 0 Å². The summed E-state index contributed by atoms with van der Waals surface area (Å²) in [7, 11) is 1.46. The number of rotatable bonds is 3. The van der Waals surface area contributed by atoms with Crippen LogP contribution in [0, 0.1) is 17.3 Å². The van der Waals surface area contributed by atoms with Gasteiger partial charge in [-0.05, 0) is 37.0 Å². The first kappa shape index (κ1) is 13.3. The standard InChI is InChI=1S/C14H24O2/c1-10-7-6-8-14(3,4)13(10)11(2)9-12(15)16-5/h7,11,13H,6,8-9H2,1-5H3. The Bertz CT molecular complexity index is 289. The first-order valence-electron chi connectivity index (χ1n) is 6.12. The van der Waals surface area contributed by atoms with E-state index in [1.54, 1.807) is 0 Å². The van der Waals surface area contributed by atoms with Crippen LogP contribution in [0.1, 0.15) is 47.0 Å². The molecule has 0 fully saturated rings. The fourth-order valence-corrected chi connectivity index (χ4v) is 3.25. The number of carbonyl (C=O) groups is 1. The largest absolute Gasteiger partial charge is 0.469 e. The molecular weight excluding hydrogens is 200 g/mol. The molecule has 0 aromatic heterocycles. The van der Waals surface area contributed by atoms with Crippen LogP contribution in [0.15, 0.2) is 11.6 Å². The molecule has 0 radical (unpaired) electrons. The molecule has 0 bridgehead atoms. The lowest BCUT2D eigenvalue weighted by molar-refractivity contribution is -0.142. The minimum Gasteiger partial charge on any atom is -0.469 e. The normalized spacial score (nSPS) is 25.8. The van der Waals surface area contributed by atoms with Crippen molar-refractivity contribution < 1.29 is 9.53 Å². The van der Waals surface area contributed by atoms with E-state index in [0.29, 0.717) is 23.7 Å². The number of allylic oxidation sites excluding steroid dienone is 2. The third kappa shape index (κ3) is 2.87. The Balaban J connectivity index is 2.79. The van der Waals surface area contributed by atoms with Crippen LogP contribution in [0.4, 0.5) is 0 Å². The summed E-state index contributed by atoms with van der Waals surface area (Å²) in [4.78, 5) is 11.3. The van der Waals surface area contributed by atoms with Gasteiger partial charge in [0.05, 0.1) is 7.11 Å². The van der Waals surface area contributed by atoms with Crippen LogP contribution in [0.5, 0.6) is 0 Å². The average Bonchev–Trinajstić information content (AvgIpc) is 2.15. The van der Waals surface area contributed by atoms with E-state index < -0.39 is 0 Å². The van der Waals surface area contributed by atoms with Crippen LogP contribution in [0.25, 0.3) is 0 Å². The summed E-state index contributed by atoms with van der Waals surface area (Å²) in [6.45, 7) is 8.97. The molecule has 2 atom stereocenters. The predicted molar refractivity (Wildman–Crippen MR) is 66.1 cm³/mol. The number of methoxy groups -OCH3 is 1. The first-order chi connectivity index (χ1) is 7.38. The van der Waals surface area contributed by atoms with Gasteiger partial charge in [0.1, 0.15) is 0 Å². The maximum absolute atomic E-state index is 11.3. The van der Waals surface area contributed by atoms with Crippen molar-refractivity contribution >= 4 is 5.97 Å². The van der Waals surface area contributed by atoms with Crippen LogP contribution in [0.2, 0.25) is 0 Å². The number of carbonyl (C=O) groups excluding carboxylic acids is 1. The van der Waals surface area contributed by atoms with Crippen molar-refractivity contribution in [2.45, 2.75) is 47.0 Å². The Kier molecular flexibility index (Phi) is 4.17. The van der Waals surface area contributed by atoms with Crippen molar-refractivity contribution in [2.75, 3.05) is 7.11 Å². The zero-order chi connectivity index (χ0) is 12.3. The van der Waals surface area contributed by atoms with Gasteiger partial charge in [0.2, 0.25) is 0 Å². The topological polar surface area (TPSA) is 26.3 Å². The molecule has 0 saturated heterocycles. The highest BCUT2D eigenvalue weighted by molar-refractivity contribution is 5.69. The van der Waals surface area contributed by atoms with Crippen molar-refractivity contribution in [3.63, 3.8) is 0 Å². The van der Waals surface area contributed by atoms with Crippen LogP contribution >= 0.6 is 0 Å². The summed E-state index contributed by atoms with van der Waals surface area (Å²) in [5, 5.41) is 0. The molecule has 0 aliphatic heterocycles. The van der Waals surface area contributed by atoms with Gasteiger partial charge in [-0.2, -0.15) is 0 Å². The zero-order valence-corrected chi connectivity index (χ0v) is 11.2. The SMILES string of the molecule is COC(=O)CC(C)C1C(C)=CCCC1(C)C. The predicted octanol–water partition coefficient (Wildman–Crippen LogP) is 3.57. The molecule has 0 aromatic rings. The van der Waals surface area contributed by atoms with Gasteiger partial charge in [-0.25, -0.2) is 0 Å². The Morgan fingerprint density at radius 1 is 1.62 bits per heavy atom. The van der Waals surface area contributed by atoms with Gasteiger partial charge in [0.15, 0.2) is 0 Å². The Labute approximate surface area is 99.1 Å². The Morgan fingerprint density at radius 3 is 2.75 bits per heavy atom. The van der Waals surface area contributed by atoms with E-state index in [0.717, 1.165) is 0 Å². The molecule has 2 nitrogen and oxygen atoms in total. The molecular formula is C14H24O2. The van der Waals surface area contributed by atoms with Crippen LogP contribution < -0.4 is 0 Å². The molecule has 1 aliphatic rings. The first-order valence-corrected chi connectivity index (χ1v) is 6.12. The van der Waals surface area contributed by atoms with Crippen LogP contribution in [0.3, 0.4) is 0 Å². The van der Waals surface area contributed by atoms with E-state index >= 15 is 0 Å². The fraction of sp³-hybridized carbons (Fsp3) is 0.786. The van der Waals surface area contributed by atoms with Gasteiger partial charge in [-0.3, -0.25) is 4.79 Å². The van der Waals surface area contributed by atoms with E-state index in [2.05, 4.69) is 33.8 Å². The molecule has 0 aromatic carbocycles. The van der Waals surface area contributed by atoms with Gasteiger partial charge >= 0.3 is 5.97 Å². The van der Waals surface area contributed by atoms with Crippen molar-refractivity contribution in [2.24, 2.45) is 17.3 Å². The molecule has 1 aliphatic carbocycles. The molecule has 0 N–H and O–H groups in total. The monoisotopic (exact) mass is 224 g/mol.